The number of carbonyl (C=O) groups is 2. The molecule has 114 valence electrons. The van der Waals surface area contributed by atoms with Gasteiger partial charge >= 0.3 is 17.8 Å². The van der Waals surface area contributed by atoms with Crippen LogP contribution in [0, 0.1) is 0 Å². The first-order valence-electron chi connectivity index (χ1n) is 7.09. The van der Waals surface area contributed by atoms with Crippen molar-refractivity contribution in [1.82, 2.24) is 4.98 Å². The molecule has 0 amide bonds. The number of carbonyl (C=O) groups excluding carboxylic acids is 2. The van der Waals surface area contributed by atoms with Gasteiger partial charge in [0.1, 0.15) is 0 Å². The van der Waals surface area contributed by atoms with Gasteiger partial charge in [0, 0.05) is 30.2 Å². The Bertz CT molecular complexity index is 796. The van der Waals surface area contributed by atoms with Gasteiger partial charge in [-0.05, 0) is 23.8 Å². The molecule has 23 heavy (non-hydrogen) atoms. The van der Waals surface area contributed by atoms with Gasteiger partial charge in [-0.1, -0.05) is 18.2 Å². The molecule has 0 unspecified atom stereocenters. The van der Waals surface area contributed by atoms with E-state index in [1.165, 1.54) is 0 Å². The molecule has 0 atom stereocenters. The maximum atomic E-state index is 12.0. The zero-order valence-electron chi connectivity index (χ0n) is 12.0. The third-order valence-electron chi connectivity index (χ3n) is 3.85. The molecule has 0 saturated heterocycles. The average Bonchev–Trinajstić information content (AvgIpc) is 2.78. The van der Waals surface area contributed by atoms with Crippen LogP contribution >= 0.6 is 0 Å². The van der Waals surface area contributed by atoms with Gasteiger partial charge in [-0.25, -0.2) is 9.59 Å². The lowest BCUT2D eigenvalue weighted by atomic mass is 10.1. The highest BCUT2D eigenvalue weighted by Gasteiger charge is 2.53. The highest BCUT2D eigenvalue weighted by molar-refractivity contribution is 5.94. The van der Waals surface area contributed by atoms with Gasteiger partial charge in [-0.3, -0.25) is 9.88 Å². The number of hydrogen-bond acceptors (Lipinski definition) is 6. The Hall–Kier alpha value is -3.15. The summed E-state index contributed by atoms with van der Waals surface area (Å²) in [6.07, 6.45) is 5.40. The van der Waals surface area contributed by atoms with Crippen molar-refractivity contribution in [3.05, 3.63) is 72.1 Å². The molecule has 6 heteroatoms. The average molecular weight is 308 g/mol. The molecule has 6 nitrogen and oxygen atoms in total. The molecule has 0 saturated carbocycles. The van der Waals surface area contributed by atoms with Crippen LogP contribution in [0.15, 0.2) is 60.9 Å². The number of nitrogens with zero attached hydrogens (tertiary/aromatic N) is 2. The molecule has 1 spiro atoms. The maximum Gasteiger partial charge on any atom is 0.372 e. The second-order valence-corrected chi connectivity index (χ2v) is 5.21. The van der Waals surface area contributed by atoms with Crippen LogP contribution in [-0.2, 0) is 31.5 Å². The van der Waals surface area contributed by atoms with E-state index in [2.05, 4.69) is 4.98 Å². The normalized spacial score (nSPS) is 18.3. The first kappa shape index (κ1) is 13.5. The van der Waals surface area contributed by atoms with Crippen molar-refractivity contribution >= 4 is 17.6 Å². The molecule has 0 aliphatic carbocycles. The Morgan fingerprint density at radius 2 is 1.61 bits per heavy atom. The van der Waals surface area contributed by atoms with Crippen LogP contribution in [0.4, 0.5) is 5.69 Å². The van der Waals surface area contributed by atoms with Crippen LogP contribution in [0.3, 0.4) is 0 Å². The number of benzene rings is 1. The molecule has 2 aliphatic rings. The largest absolute Gasteiger partial charge is 0.396 e. The van der Waals surface area contributed by atoms with Crippen LogP contribution in [0.2, 0.25) is 0 Å². The van der Waals surface area contributed by atoms with E-state index in [1.54, 1.807) is 35.5 Å². The van der Waals surface area contributed by atoms with E-state index in [-0.39, 0.29) is 0 Å². The second-order valence-electron chi connectivity index (χ2n) is 5.21. The highest BCUT2D eigenvalue weighted by Crippen LogP contribution is 2.44. The molecular weight excluding hydrogens is 296 g/mol. The molecule has 0 fully saturated rings. The minimum Gasteiger partial charge on any atom is -0.396 e. The lowest BCUT2D eigenvalue weighted by Crippen LogP contribution is -2.47. The van der Waals surface area contributed by atoms with E-state index < -0.39 is 17.8 Å². The van der Waals surface area contributed by atoms with Gasteiger partial charge < -0.3 is 9.47 Å². The van der Waals surface area contributed by atoms with Crippen molar-refractivity contribution in [2.45, 2.75) is 12.5 Å². The SMILES string of the molecule is O=C1C=CC(=O)OC2(O1)c1ccccc1CN2c1ccncc1. The van der Waals surface area contributed by atoms with Crippen LogP contribution in [0.5, 0.6) is 0 Å². The first-order chi connectivity index (χ1) is 11.2. The monoisotopic (exact) mass is 308 g/mol. The zero-order chi connectivity index (χ0) is 15.9. The third kappa shape index (κ3) is 2.07. The Balaban J connectivity index is 1.91. The standard InChI is InChI=1S/C17H12N2O4/c20-15-5-6-16(21)23-17(22-15)14-4-2-1-3-12(14)11-19(17)13-7-9-18-10-8-13/h1-10H,11H2. The third-order valence-corrected chi connectivity index (χ3v) is 3.85. The van der Waals surface area contributed by atoms with Crippen molar-refractivity contribution in [2.75, 3.05) is 4.90 Å². The fourth-order valence-corrected chi connectivity index (χ4v) is 2.89. The molecule has 1 aromatic heterocycles. The van der Waals surface area contributed by atoms with E-state index in [1.807, 2.05) is 18.2 Å². The summed E-state index contributed by atoms with van der Waals surface area (Å²) < 4.78 is 11.1. The topological polar surface area (TPSA) is 68.7 Å². The zero-order valence-corrected chi connectivity index (χ0v) is 12.0. The Kier molecular flexibility index (Phi) is 2.90. The first-order valence-corrected chi connectivity index (χ1v) is 7.09. The quantitative estimate of drug-likeness (QED) is 0.749. The smallest absolute Gasteiger partial charge is 0.372 e. The van der Waals surface area contributed by atoms with Crippen LogP contribution in [0.1, 0.15) is 11.1 Å². The molecule has 3 heterocycles. The minimum absolute atomic E-state index is 0.445. The number of rotatable bonds is 1. The summed E-state index contributed by atoms with van der Waals surface area (Å²) >= 11 is 0. The van der Waals surface area contributed by atoms with E-state index in [4.69, 9.17) is 9.47 Å². The fourth-order valence-electron chi connectivity index (χ4n) is 2.89. The lowest BCUT2D eigenvalue weighted by Gasteiger charge is -2.36. The van der Waals surface area contributed by atoms with Crippen molar-refractivity contribution in [1.29, 1.82) is 0 Å². The number of aromatic nitrogens is 1. The number of esters is 2. The molecule has 0 bridgehead atoms. The summed E-state index contributed by atoms with van der Waals surface area (Å²) in [6, 6.07) is 11.0. The number of fused-ring (bicyclic) bond motifs is 2. The van der Waals surface area contributed by atoms with E-state index in [0.717, 1.165) is 23.4 Å². The number of hydrogen-bond donors (Lipinski definition) is 0. The number of anilines is 1. The minimum atomic E-state index is -1.60. The fraction of sp³-hybridized carbons (Fsp3) is 0.118. The summed E-state index contributed by atoms with van der Waals surface area (Å²) in [5.41, 5.74) is 2.30. The van der Waals surface area contributed by atoms with Crippen LogP contribution in [0.25, 0.3) is 0 Å². The Morgan fingerprint density at radius 3 is 2.30 bits per heavy atom. The molecule has 1 aromatic carbocycles. The van der Waals surface area contributed by atoms with Crippen molar-refractivity contribution < 1.29 is 19.1 Å². The molecule has 0 N–H and O–H groups in total. The lowest BCUT2D eigenvalue weighted by molar-refractivity contribution is -0.223. The molecule has 2 aromatic rings. The van der Waals surface area contributed by atoms with Gasteiger partial charge in [0.15, 0.2) is 0 Å². The number of ether oxygens (including phenoxy) is 2. The van der Waals surface area contributed by atoms with Gasteiger partial charge in [0.25, 0.3) is 0 Å². The summed E-state index contributed by atoms with van der Waals surface area (Å²) in [4.78, 5) is 29.7. The maximum absolute atomic E-state index is 12.0. The number of pyridine rings is 1. The van der Waals surface area contributed by atoms with E-state index >= 15 is 0 Å². The van der Waals surface area contributed by atoms with Crippen molar-refractivity contribution in [2.24, 2.45) is 0 Å². The summed E-state index contributed by atoms with van der Waals surface area (Å²) in [6.45, 7) is 0.445. The highest BCUT2D eigenvalue weighted by atomic mass is 16.8. The van der Waals surface area contributed by atoms with E-state index in [0.29, 0.717) is 12.1 Å². The Labute approximate surface area is 132 Å². The molecule has 2 aliphatic heterocycles. The van der Waals surface area contributed by atoms with Gasteiger partial charge in [0.05, 0.1) is 12.1 Å². The van der Waals surface area contributed by atoms with Crippen LogP contribution in [-0.4, -0.2) is 16.9 Å². The van der Waals surface area contributed by atoms with Gasteiger partial charge in [-0.15, -0.1) is 0 Å². The van der Waals surface area contributed by atoms with Gasteiger partial charge in [-0.2, -0.15) is 0 Å². The van der Waals surface area contributed by atoms with E-state index in [9.17, 15) is 9.59 Å². The van der Waals surface area contributed by atoms with Crippen molar-refractivity contribution in [3.63, 3.8) is 0 Å². The molecule has 0 radical (unpaired) electrons. The molecular formula is C17H12N2O4. The predicted molar refractivity (Wildman–Crippen MR) is 79.9 cm³/mol. The molecule has 4 rings (SSSR count). The summed E-state index contributed by atoms with van der Waals surface area (Å²) in [5, 5.41) is 0. The predicted octanol–water partition coefficient (Wildman–Crippen LogP) is 1.87. The second kappa shape index (κ2) is 4.95. The summed E-state index contributed by atoms with van der Waals surface area (Å²) in [7, 11) is 0. The van der Waals surface area contributed by atoms with Gasteiger partial charge in [0.2, 0.25) is 0 Å². The van der Waals surface area contributed by atoms with Crippen LogP contribution < -0.4 is 4.90 Å². The van der Waals surface area contributed by atoms with Crippen molar-refractivity contribution in [3.8, 4) is 0 Å². The summed E-state index contributed by atoms with van der Waals surface area (Å²) in [5.74, 6) is -2.87. The Morgan fingerprint density at radius 1 is 0.957 bits per heavy atom.